The number of carbonyl (C=O) groups excluding carboxylic acids is 1. The average Bonchev–Trinajstić information content (AvgIpc) is 3.21. The number of hydrogen-bond donors (Lipinski definition) is 2. The number of methoxy groups -OCH3 is 1. The van der Waals surface area contributed by atoms with Crippen LogP contribution in [0.3, 0.4) is 0 Å². The molecule has 158 valence electrons. The molecule has 0 saturated heterocycles. The summed E-state index contributed by atoms with van der Waals surface area (Å²) in [5.74, 6) is 0.657. The molecule has 2 N–H and O–H groups in total. The minimum Gasteiger partial charge on any atom is -0.496 e. The Balaban J connectivity index is 1.47. The van der Waals surface area contributed by atoms with Gasteiger partial charge in [0.15, 0.2) is 10.8 Å². The van der Waals surface area contributed by atoms with Gasteiger partial charge in [-0.1, -0.05) is 47.7 Å². The van der Waals surface area contributed by atoms with E-state index >= 15 is 0 Å². The average molecular weight is 436 g/mol. The largest absolute Gasteiger partial charge is 0.496 e. The number of fused-ring (bicyclic) bond motifs is 1. The van der Waals surface area contributed by atoms with Crippen molar-refractivity contribution in [1.29, 1.82) is 0 Å². The third-order valence-electron chi connectivity index (χ3n) is 4.70. The van der Waals surface area contributed by atoms with E-state index in [2.05, 4.69) is 20.4 Å². The van der Waals surface area contributed by atoms with Crippen LogP contribution in [-0.2, 0) is 11.3 Å². The zero-order valence-corrected chi connectivity index (χ0v) is 17.9. The van der Waals surface area contributed by atoms with Crippen LogP contribution < -0.4 is 15.6 Å². The van der Waals surface area contributed by atoms with Crippen LogP contribution in [0.5, 0.6) is 5.75 Å². The van der Waals surface area contributed by atoms with E-state index in [4.69, 9.17) is 4.74 Å². The molecule has 0 atom stereocenters. The minimum absolute atomic E-state index is 0.113. The standard InChI is InChI=1S/C22H21N5O3S/c1-14-7-9-16(10-8-14)27-20-17(12-24-27)21(29)26-22(25-20)31-13-19(28)23-11-15-5-3-4-6-18(15)30-2/h3-10,12H,11,13H2,1-2H3,(H,23,28)(H,25,26,29). The highest BCUT2D eigenvalue weighted by atomic mass is 32.2. The van der Waals surface area contributed by atoms with E-state index in [1.807, 2.05) is 55.5 Å². The van der Waals surface area contributed by atoms with Crippen molar-refractivity contribution < 1.29 is 9.53 Å². The molecular weight excluding hydrogens is 414 g/mol. The second-order valence-corrected chi connectivity index (χ2v) is 7.84. The summed E-state index contributed by atoms with van der Waals surface area (Å²) < 4.78 is 6.91. The maximum absolute atomic E-state index is 12.4. The number of hydrogen-bond acceptors (Lipinski definition) is 6. The van der Waals surface area contributed by atoms with E-state index in [0.29, 0.717) is 22.7 Å². The van der Waals surface area contributed by atoms with E-state index in [1.54, 1.807) is 11.8 Å². The Morgan fingerprint density at radius 3 is 2.74 bits per heavy atom. The van der Waals surface area contributed by atoms with E-state index in [1.165, 1.54) is 6.20 Å². The van der Waals surface area contributed by atoms with Crippen LogP contribution in [0.15, 0.2) is 64.7 Å². The highest BCUT2D eigenvalue weighted by Gasteiger charge is 2.13. The van der Waals surface area contributed by atoms with Gasteiger partial charge in [-0.15, -0.1) is 0 Å². The van der Waals surface area contributed by atoms with Crippen LogP contribution in [0.4, 0.5) is 0 Å². The Morgan fingerprint density at radius 1 is 1.19 bits per heavy atom. The topological polar surface area (TPSA) is 102 Å². The Kier molecular flexibility index (Phi) is 6.03. The third-order valence-corrected chi connectivity index (χ3v) is 5.58. The monoisotopic (exact) mass is 435 g/mol. The Bertz CT molecular complexity index is 1280. The number of H-pyrrole nitrogens is 1. The zero-order valence-electron chi connectivity index (χ0n) is 17.1. The van der Waals surface area contributed by atoms with Crippen LogP contribution in [0, 0.1) is 6.92 Å². The van der Waals surface area contributed by atoms with Gasteiger partial charge in [0, 0.05) is 12.1 Å². The molecule has 2 heterocycles. The molecule has 0 saturated carbocycles. The summed E-state index contributed by atoms with van der Waals surface area (Å²) in [6, 6.07) is 15.3. The molecule has 0 aliphatic heterocycles. The second kappa shape index (κ2) is 9.05. The number of carbonyl (C=O) groups is 1. The lowest BCUT2D eigenvalue weighted by Gasteiger charge is -2.09. The van der Waals surface area contributed by atoms with Crippen molar-refractivity contribution >= 4 is 28.7 Å². The smallest absolute Gasteiger partial charge is 0.262 e. The lowest BCUT2D eigenvalue weighted by Crippen LogP contribution is -2.25. The lowest BCUT2D eigenvalue weighted by molar-refractivity contribution is -0.118. The van der Waals surface area contributed by atoms with Crippen molar-refractivity contribution in [3.05, 3.63) is 76.2 Å². The van der Waals surface area contributed by atoms with Crippen molar-refractivity contribution in [2.24, 2.45) is 0 Å². The van der Waals surface area contributed by atoms with Gasteiger partial charge in [-0.2, -0.15) is 5.10 Å². The number of amides is 1. The van der Waals surface area contributed by atoms with Crippen molar-refractivity contribution in [1.82, 2.24) is 25.1 Å². The first-order valence-corrected chi connectivity index (χ1v) is 10.6. The van der Waals surface area contributed by atoms with Crippen LogP contribution in [0.25, 0.3) is 16.7 Å². The molecule has 0 unspecified atom stereocenters. The fourth-order valence-electron chi connectivity index (χ4n) is 3.07. The molecule has 4 aromatic rings. The number of aryl methyl sites for hydroxylation is 1. The van der Waals surface area contributed by atoms with Crippen molar-refractivity contribution in [2.75, 3.05) is 12.9 Å². The fourth-order valence-corrected chi connectivity index (χ4v) is 3.76. The van der Waals surface area contributed by atoms with E-state index in [9.17, 15) is 9.59 Å². The van der Waals surface area contributed by atoms with Gasteiger partial charge in [0.2, 0.25) is 5.91 Å². The molecule has 31 heavy (non-hydrogen) atoms. The van der Waals surface area contributed by atoms with Gasteiger partial charge in [0.05, 0.1) is 24.7 Å². The van der Waals surface area contributed by atoms with Gasteiger partial charge in [-0.05, 0) is 25.1 Å². The summed E-state index contributed by atoms with van der Waals surface area (Å²) in [4.78, 5) is 32.0. The summed E-state index contributed by atoms with van der Waals surface area (Å²) in [6.45, 7) is 2.36. The van der Waals surface area contributed by atoms with Gasteiger partial charge in [0.25, 0.3) is 5.56 Å². The molecule has 4 rings (SSSR count). The molecule has 0 aliphatic carbocycles. The SMILES string of the molecule is COc1ccccc1CNC(=O)CSc1nc2c(cnn2-c2ccc(C)cc2)c(=O)[nH]1. The van der Waals surface area contributed by atoms with Crippen LogP contribution in [-0.4, -0.2) is 38.5 Å². The van der Waals surface area contributed by atoms with E-state index in [0.717, 1.165) is 34.3 Å². The fraction of sp³-hybridized carbons (Fsp3) is 0.182. The third kappa shape index (κ3) is 4.61. The first-order valence-electron chi connectivity index (χ1n) is 9.61. The van der Waals surface area contributed by atoms with Gasteiger partial charge in [0.1, 0.15) is 11.1 Å². The van der Waals surface area contributed by atoms with Gasteiger partial charge in [-0.25, -0.2) is 9.67 Å². The van der Waals surface area contributed by atoms with Gasteiger partial charge < -0.3 is 15.0 Å². The lowest BCUT2D eigenvalue weighted by atomic mass is 10.2. The minimum atomic E-state index is -0.291. The first-order chi connectivity index (χ1) is 15.0. The van der Waals surface area contributed by atoms with Gasteiger partial charge >= 0.3 is 0 Å². The van der Waals surface area contributed by atoms with Crippen molar-refractivity contribution in [2.45, 2.75) is 18.6 Å². The molecular formula is C22H21N5O3S. The summed E-state index contributed by atoms with van der Waals surface area (Å²) in [7, 11) is 1.59. The molecule has 9 heteroatoms. The summed E-state index contributed by atoms with van der Waals surface area (Å²) in [5, 5.41) is 7.92. The van der Waals surface area contributed by atoms with Gasteiger partial charge in [-0.3, -0.25) is 9.59 Å². The quantitative estimate of drug-likeness (QED) is 0.342. The predicted molar refractivity (Wildman–Crippen MR) is 120 cm³/mol. The first kappa shape index (κ1) is 20.7. The molecule has 2 aromatic carbocycles. The Hall–Kier alpha value is -3.59. The van der Waals surface area contributed by atoms with Crippen LogP contribution >= 0.6 is 11.8 Å². The van der Waals surface area contributed by atoms with E-state index in [-0.39, 0.29) is 17.2 Å². The summed E-state index contributed by atoms with van der Waals surface area (Å²) >= 11 is 1.16. The molecule has 8 nitrogen and oxygen atoms in total. The van der Waals surface area contributed by atoms with Crippen LogP contribution in [0.1, 0.15) is 11.1 Å². The highest BCUT2D eigenvalue weighted by Crippen LogP contribution is 2.19. The molecule has 0 spiro atoms. The maximum Gasteiger partial charge on any atom is 0.262 e. The number of aromatic amines is 1. The summed E-state index contributed by atoms with van der Waals surface area (Å²) in [6.07, 6.45) is 1.50. The number of aromatic nitrogens is 4. The van der Waals surface area contributed by atoms with Crippen LogP contribution in [0.2, 0.25) is 0 Å². The number of benzene rings is 2. The highest BCUT2D eigenvalue weighted by molar-refractivity contribution is 7.99. The maximum atomic E-state index is 12.4. The number of rotatable bonds is 7. The molecule has 2 aromatic heterocycles. The normalized spacial score (nSPS) is 10.9. The number of thioether (sulfide) groups is 1. The number of nitrogens with zero attached hydrogens (tertiary/aromatic N) is 3. The van der Waals surface area contributed by atoms with Crippen molar-refractivity contribution in [3.63, 3.8) is 0 Å². The number of para-hydroxylation sites is 1. The molecule has 0 radical (unpaired) electrons. The number of ether oxygens (including phenoxy) is 1. The second-order valence-electron chi connectivity index (χ2n) is 6.88. The molecule has 0 bridgehead atoms. The number of nitrogens with one attached hydrogen (secondary N) is 2. The zero-order chi connectivity index (χ0) is 21.8. The Labute approximate surface area is 182 Å². The summed E-state index contributed by atoms with van der Waals surface area (Å²) in [5.41, 5.74) is 2.98. The Morgan fingerprint density at radius 2 is 1.97 bits per heavy atom. The molecule has 0 aliphatic rings. The van der Waals surface area contributed by atoms with Crippen molar-refractivity contribution in [3.8, 4) is 11.4 Å². The van der Waals surface area contributed by atoms with E-state index < -0.39 is 0 Å². The molecule has 0 fully saturated rings. The molecule has 1 amide bonds. The predicted octanol–water partition coefficient (Wildman–Crippen LogP) is 2.83.